The average Bonchev–Trinajstić information content (AvgIpc) is 2.22. The molecule has 0 amide bonds. The number of hydrogen-bond donors (Lipinski definition) is 3. The molecule has 7 atom stereocenters. The van der Waals surface area contributed by atoms with E-state index in [9.17, 15) is 43.2 Å². The van der Waals surface area contributed by atoms with E-state index in [2.05, 4.69) is 48.5 Å². The summed E-state index contributed by atoms with van der Waals surface area (Å²) in [6, 6.07) is 0. The number of aliphatic hydroxyl groups is 1. The van der Waals surface area contributed by atoms with Gasteiger partial charge >= 0.3 is 39.5 Å². The van der Waals surface area contributed by atoms with Crippen LogP contribution in [0.5, 0.6) is 0 Å². The van der Waals surface area contributed by atoms with Gasteiger partial charge in [0.15, 0.2) is 12.2 Å². The van der Waals surface area contributed by atoms with Gasteiger partial charge in [-0.2, -0.15) is 0 Å². The highest BCUT2D eigenvalue weighted by molar-refractivity contribution is 7.47. The standard InChI is InChI=1S/C74H144O17P2/c1-8-11-12-13-14-34-41-48-55-71(76)84-61-69(91-74(79)58-51-44-37-29-27-31-38-45-52-65(4)5)63-88-92(80,81)86-59-68(75)60-87-93(82,83)89-64-70(62-85-72(77)56-49-42-35-30-28-33-40-47-54-67(7)10-3)90-73(78)57-50-43-36-26-24-22-20-18-16-15-17-19-21-23-25-32-39-46-53-66(6)9-2/h65-70,75H,8-64H2,1-7H3,(H,80,81)(H,82,83)/t66?,67?,68-,69+,70+/m0/s1. The normalized spacial score (nSPS) is 14.7. The van der Waals surface area contributed by atoms with Gasteiger partial charge in [0, 0.05) is 25.7 Å². The van der Waals surface area contributed by atoms with E-state index in [4.69, 9.17) is 37.0 Å². The Kier molecular flexibility index (Phi) is 63.4. The first-order valence-electron chi connectivity index (χ1n) is 38.4. The fraction of sp³-hybridized carbons (Fsp3) is 0.946. The van der Waals surface area contributed by atoms with Gasteiger partial charge in [0.1, 0.15) is 19.3 Å². The third-order valence-electron chi connectivity index (χ3n) is 17.9. The van der Waals surface area contributed by atoms with Crippen LogP contribution in [0.2, 0.25) is 0 Å². The zero-order valence-electron chi connectivity index (χ0n) is 60.7. The molecular weight excluding hydrogens is 1220 g/mol. The molecular formula is C74H144O17P2. The quantitative estimate of drug-likeness (QED) is 0.0222. The van der Waals surface area contributed by atoms with Crippen molar-refractivity contribution in [3.05, 3.63) is 0 Å². The summed E-state index contributed by atoms with van der Waals surface area (Å²) in [5.41, 5.74) is 0. The summed E-state index contributed by atoms with van der Waals surface area (Å²) in [7, 11) is -9.90. The monoisotopic (exact) mass is 1370 g/mol. The number of phosphoric ester groups is 2. The summed E-state index contributed by atoms with van der Waals surface area (Å²) in [5, 5.41) is 10.6. The Balaban J connectivity index is 5.16. The summed E-state index contributed by atoms with van der Waals surface area (Å²) in [6.07, 6.45) is 50.1. The van der Waals surface area contributed by atoms with E-state index >= 15 is 0 Å². The van der Waals surface area contributed by atoms with Crippen molar-refractivity contribution in [2.75, 3.05) is 39.6 Å². The van der Waals surface area contributed by atoms with Crippen molar-refractivity contribution in [3.8, 4) is 0 Å². The largest absolute Gasteiger partial charge is 0.472 e. The molecule has 0 aliphatic rings. The van der Waals surface area contributed by atoms with Crippen LogP contribution in [-0.4, -0.2) is 96.7 Å². The molecule has 17 nitrogen and oxygen atoms in total. The minimum absolute atomic E-state index is 0.104. The number of carbonyl (C=O) groups is 4. The SMILES string of the molecule is CCCCCCCCCCC(=O)OC[C@H](COP(=O)(O)OC[C@H](O)COP(=O)(O)OC[C@@H](COC(=O)CCCCCCCCCCC(C)CC)OC(=O)CCCCCCCCCCCCCCCCCCCCC(C)CC)OC(=O)CCCCCCCCCCC(C)C. The fourth-order valence-corrected chi connectivity index (χ4v) is 12.8. The molecule has 19 heteroatoms. The number of rotatable bonds is 72. The van der Waals surface area contributed by atoms with Crippen molar-refractivity contribution < 1.29 is 80.2 Å². The third kappa shape index (κ3) is 65.8. The first kappa shape index (κ1) is 91.1. The van der Waals surface area contributed by atoms with Crippen LogP contribution < -0.4 is 0 Å². The molecule has 552 valence electrons. The first-order chi connectivity index (χ1) is 44.8. The number of carbonyl (C=O) groups excluding carboxylic acids is 4. The molecule has 4 unspecified atom stereocenters. The lowest BCUT2D eigenvalue weighted by atomic mass is 9.99. The van der Waals surface area contributed by atoms with Crippen molar-refractivity contribution in [3.63, 3.8) is 0 Å². The van der Waals surface area contributed by atoms with Gasteiger partial charge in [0.05, 0.1) is 26.4 Å². The Morgan fingerprint density at radius 2 is 0.548 bits per heavy atom. The van der Waals surface area contributed by atoms with Crippen molar-refractivity contribution >= 4 is 39.5 Å². The second-order valence-electron chi connectivity index (χ2n) is 27.6. The van der Waals surface area contributed by atoms with Gasteiger partial charge in [0.2, 0.25) is 0 Å². The molecule has 0 aliphatic heterocycles. The summed E-state index contributed by atoms with van der Waals surface area (Å²) >= 11 is 0. The molecule has 0 saturated carbocycles. The zero-order valence-corrected chi connectivity index (χ0v) is 62.5. The molecule has 0 saturated heterocycles. The maximum atomic E-state index is 13.1. The number of aliphatic hydroxyl groups excluding tert-OH is 1. The van der Waals surface area contributed by atoms with Gasteiger partial charge in [0.25, 0.3) is 0 Å². The van der Waals surface area contributed by atoms with Crippen LogP contribution >= 0.6 is 15.6 Å². The molecule has 3 N–H and O–H groups in total. The van der Waals surface area contributed by atoms with Crippen molar-refractivity contribution in [1.82, 2.24) is 0 Å². The second-order valence-corrected chi connectivity index (χ2v) is 30.6. The van der Waals surface area contributed by atoms with Crippen molar-refractivity contribution in [2.45, 2.75) is 394 Å². The molecule has 0 aromatic carbocycles. The van der Waals surface area contributed by atoms with Gasteiger partial charge in [-0.1, -0.05) is 325 Å². The lowest BCUT2D eigenvalue weighted by molar-refractivity contribution is -0.161. The fourth-order valence-electron chi connectivity index (χ4n) is 11.2. The van der Waals surface area contributed by atoms with E-state index in [1.54, 1.807) is 0 Å². The Bertz CT molecular complexity index is 1820. The molecule has 0 radical (unpaired) electrons. The van der Waals surface area contributed by atoms with Gasteiger partial charge in [-0.3, -0.25) is 37.3 Å². The highest BCUT2D eigenvalue weighted by Gasteiger charge is 2.30. The van der Waals surface area contributed by atoms with E-state index in [0.717, 1.165) is 114 Å². The van der Waals surface area contributed by atoms with E-state index in [0.29, 0.717) is 25.7 Å². The Hall–Kier alpha value is -1.94. The number of hydrogen-bond acceptors (Lipinski definition) is 15. The van der Waals surface area contributed by atoms with Crippen LogP contribution in [0.3, 0.4) is 0 Å². The molecule has 0 fully saturated rings. The Morgan fingerprint density at radius 3 is 0.817 bits per heavy atom. The Labute approximate surface area is 568 Å². The van der Waals surface area contributed by atoms with Gasteiger partial charge < -0.3 is 33.8 Å². The number of phosphoric acid groups is 2. The maximum absolute atomic E-state index is 13.1. The van der Waals surface area contributed by atoms with Crippen molar-refractivity contribution in [1.29, 1.82) is 0 Å². The highest BCUT2D eigenvalue weighted by atomic mass is 31.2. The van der Waals surface area contributed by atoms with E-state index < -0.39 is 97.5 Å². The minimum Gasteiger partial charge on any atom is -0.462 e. The lowest BCUT2D eigenvalue weighted by Gasteiger charge is -2.21. The summed E-state index contributed by atoms with van der Waals surface area (Å²) < 4.78 is 68.3. The van der Waals surface area contributed by atoms with Crippen LogP contribution in [-0.2, 0) is 65.4 Å². The van der Waals surface area contributed by atoms with Gasteiger partial charge in [-0.05, 0) is 43.4 Å². The number of esters is 4. The third-order valence-corrected chi connectivity index (χ3v) is 19.8. The summed E-state index contributed by atoms with van der Waals surface area (Å²) in [5.74, 6) is 0.241. The second kappa shape index (κ2) is 64.7. The maximum Gasteiger partial charge on any atom is 0.472 e. The van der Waals surface area contributed by atoms with E-state index in [1.165, 1.54) is 180 Å². The van der Waals surface area contributed by atoms with Gasteiger partial charge in [-0.25, -0.2) is 9.13 Å². The molecule has 0 heterocycles. The van der Waals surface area contributed by atoms with Crippen LogP contribution in [0.25, 0.3) is 0 Å². The van der Waals surface area contributed by atoms with Crippen LogP contribution in [0.1, 0.15) is 376 Å². The molecule has 0 bridgehead atoms. The Morgan fingerprint density at radius 1 is 0.312 bits per heavy atom. The predicted molar refractivity (Wildman–Crippen MR) is 377 cm³/mol. The zero-order chi connectivity index (χ0) is 68.7. The highest BCUT2D eigenvalue weighted by Crippen LogP contribution is 2.45. The average molecular weight is 1370 g/mol. The molecule has 0 aliphatic carbocycles. The van der Waals surface area contributed by atoms with Gasteiger partial charge in [-0.15, -0.1) is 0 Å². The van der Waals surface area contributed by atoms with Crippen LogP contribution in [0, 0.1) is 17.8 Å². The topological polar surface area (TPSA) is 237 Å². The number of unbranched alkanes of at least 4 members (excludes halogenated alkanes) is 38. The molecule has 0 rings (SSSR count). The summed E-state index contributed by atoms with van der Waals surface area (Å²) in [6.45, 7) is 11.9. The predicted octanol–water partition coefficient (Wildman–Crippen LogP) is 21.4. The molecule has 93 heavy (non-hydrogen) atoms. The molecule has 0 spiro atoms. The van der Waals surface area contributed by atoms with E-state index in [-0.39, 0.29) is 25.7 Å². The lowest BCUT2D eigenvalue weighted by Crippen LogP contribution is -2.30. The van der Waals surface area contributed by atoms with Crippen molar-refractivity contribution in [2.24, 2.45) is 17.8 Å². The minimum atomic E-state index is -4.95. The van der Waals surface area contributed by atoms with E-state index in [1.807, 2.05) is 0 Å². The summed E-state index contributed by atoms with van der Waals surface area (Å²) in [4.78, 5) is 72.6. The molecule has 0 aromatic rings. The first-order valence-corrected chi connectivity index (χ1v) is 41.4. The molecule has 0 aromatic heterocycles. The van der Waals surface area contributed by atoms with Crippen LogP contribution in [0.15, 0.2) is 0 Å². The number of ether oxygens (including phenoxy) is 4. The van der Waals surface area contributed by atoms with Crippen LogP contribution in [0.4, 0.5) is 0 Å². The smallest absolute Gasteiger partial charge is 0.462 e.